The van der Waals surface area contributed by atoms with E-state index in [4.69, 9.17) is 9.47 Å². The van der Waals surface area contributed by atoms with Crippen molar-refractivity contribution in [2.24, 2.45) is 0 Å². The average Bonchev–Trinajstić information content (AvgIpc) is 2.55. The summed E-state index contributed by atoms with van der Waals surface area (Å²) in [4.78, 5) is 17.8. The highest BCUT2D eigenvalue weighted by Crippen LogP contribution is 2.20. The second kappa shape index (κ2) is 6.53. The molecule has 2 saturated heterocycles. The van der Waals surface area contributed by atoms with Gasteiger partial charge in [-0.15, -0.1) is 0 Å². The maximum absolute atomic E-state index is 5.55. The molecule has 0 radical (unpaired) electrons. The number of aromatic nitrogens is 3. The fourth-order valence-electron chi connectivity index (χ4n) is 2.84. The van der Waals surface area contributed by atoms with Gasteiger partial charge in [-0.3, -0.25) is 0 Å². The Balaban J connectivity index is 1.81. The van der Waals surface area contributed by atoms with E-state index < -0.39 is 0 Å². The number of ether oxygens (including phenoxy) is 2. The van der Waals surface area contributed by atoms with E-state index in [9.17, 15) is 0 Å². The lowest BCUT2D eigenvalue weighted by Crippen LogP contribution is -2.47. The van der Waals surface area contributed by atoms with Crippen LogP contribution >= 0.6 is 0 Å². The van der Waals surface area contributed by atoms with E-state index in [-0.39, 0.29) is 0 Å². The van der Waals surface area contributed by atoms with Gasteiger partial charge in [-0.1, -0.05) is 6.92 Å². The van der Waals surface area contributed by atoms with Crippen molar-refractivity contribution in [2.45, 2.75) is 32.4 Å². The topological polar surface area (TPSA) is 63.6 Å². The molecule has 2 fully saturated rings. The van der Waals surface area contributed by atoms with Gasteiger partial charge in [0.05, 0.1) is 38.5 Å². The van der Waals surface area contributed by atoms with Gasteiger partial charge in [-0.05, 0) is 13.3 Å². The summed E-state index contributed by atoms with van der Waals surface area (Å²) in [6, 6.07) is 0.636. The first-order valence-electron chi connectivity index (χ1n) is 7.67. The summed E-state index contributed by atoms with van der Waals surface area (Å²) in [5, 5.41) is 0. The molecule has 21 heavy (non-hydrogen) atoms. The van der Waals surface area contributed by atoms with E-state index in [1.165, 1.54) is 0 Å². The zero-order chi connectivity index (χ0) is 14.7. The van der Waals surface area contributed by atoms with Crippen LogP contribution in [0, 0.1) is 0 Å². The molecular formula is C14H23N5O2. The van der Waals surface area contributed by atoms with E-state index >= 15 is 0 Å². The quantitative estimate of drug-likeness (QED) is 0.813. The third-order valence-corrected chi connectivity index (χ3v) is 4.13. The monoisotopic (exact) mass is 293 g/mol. The van der Waals surface area contributed by atoms with Gasteiger partial charge >= 0.3 is 0 Å². The molecular weight excluding hydrogens is 270 g/mol. The minimum Gasteiger partial charge on any atom is -0.377 e. The zero-order valence-electron chi connectivity index (χ0n) is 12.7. The molecule has 0 bridgehead atoms. The fourth-order valence-corrected chi connectivity index (χ4v) is 2.84. The van der Waals surface area contributed by atoms with Crippen LogP contribution in [-0.2, 0) is 9.47 Å². The van der Waals surface area contributed by atoms with E-state index in [1.54, 1.807) is 6.33 Å². The highest BCUT2D eigenvalue weighted by atomic mass is 16.5. The first-order chi connectivity index (χ1) is 10.3. The minimum absolute atomic E-state index is 0.292. The van der Waals surface area contributed by atoms with Crippen LogP contribution in [0.5, 0.6) is 0 Å². The minimum atomic E-state index is 0.292. The molecule has 116 valence electrons. The molecule has 3 rings (SSSR count). The summed E-state index contributed by atoms with van der Waals surface area (Å²) in [5.41, 5.74) is 0. The van der Waals surface area contributed by atoms with Crippen molar-refractivity contribution >= 4 is 11.9 Å². The Morgan fingerprint density at radius 3 is 2.48 bits per heavy atom. The van der Waals surface area contributed by atoms with Gasteiger partial charge < -0.3 is 19.3 Å². The lowest BCUT2D eigenvalue weighted by Gasteiger charge is -2.36. The Hall–Kier alpha value is -1.47. The van der Waals surface area contributed by atoms with Crippen LogP contribution in [0.1, 0.15) is 20.3 Å². The lowest BCUT2D eigenvalue weighted by molar-refractivity contribution is 0.0918. The number of hydrogen-bond acceptors (Lipinski definition) is 7. The summed E-state index contributed by atoms with van der Waals surface area (Å²) in [5.74, 6) is 1.51. The van der Waals surface area contributed by atoms with E-state index in [0.717, 1.165) is 57.8 Å². The van der Waals surface area contributed by atoms with Gasteiger partial charge in [0.15, 0.2) is 0 Å². The molecule has 1 aromatic rings. The largest absolute Gasteiger partial charge is 0.377 e. The molecule has 7 nitrogen and oxygen atoms in total. The number of morpholine rings is 2. The van der Waals surface area contributed by atoms with Gasteiger partial charge in [0.2, 0.25) is 11.9 Å². The summed E-state index contributed by atoms with van der Waals surface area (Å²) in [7, 11) is 0. The second-order valence-electron chi connectivity index (χ2n) is 5.53. The Kier molecular flexibility index (Phi) is 4.50. The Bertz CT molecular complexity index is 472. The van der Waals surface area contributed by atoms with Crippen LogP contribution in [0.3, 0.4) is 0 Å². The molecule has 0 aliphatic carbocycles. The molecule has 2 aliphatic rings. The number of hydrogen-bond donors (Lipinski definition) is 0. The third kappa shape index (κ3) is 3.08. The summed E-state index contributed by atoms with van der Waals surface area (Å²) >= 11 is 0. The normalized spacial score (nSPS) is 27.0. The maximum Gasteiger partial charge on any atom is 0.230 e. The highest BCUT2D eigenvalue weighted by Gasteiger charge is 2.26. The number of nitrogens with zero attached hydrogens (tertiary/aromatic N) is 5. The van der Waals surface area contributed by atoms with Gasteiger partial charge in [-0.25, -0.2) is 9.97 Å². The summed E-state index contributed by atoms with van der Waals surface area (Å²) in [6.07, 6.45) is 2.64. The van der Waals surface area contributed by atoms with Crippen molar-refractivity contribution in [3.63, 3.8) is 0 Å². The van der Waals surface area contributed by atoms with Crippen molar-refractivity contribution in [1.82, 2.24) is 15.0 Å². The lowest BCUT2D eigenvalue weighted by atomic mass is 10.2. The van der Waals surface area contributed by atoms with E-state index in [1.807, 2.05) is 0 Å². The number of rotatable bonds is 3. The molecule has 0 saturated carbocycles. The summed E-state index contributed by atoms with van der Waals surface area (Å²) < 4.78 is 11.0. The molecule has 0 aromatic carbocycles. The van der Waals surface area contributed by atoms with Gasteiger partial charge in [0, 0.05) is 13.1 Å². The first-order valence-corrected chi connectivity index (χ1v) is 7.67. The molecule has 2 aliphatic heterocycles. The van der Waals surface area contributed by atoms with Crippen LogP contribution in [0.4, 0.5) is 11.9 Å². The highest BCUT2D eigenvalue weighted by molar-refractivity contribution is 5.40. The van der Waals surface area contributed by atoms with Crippen LogP contribution in [-0.4, -0.2) is 66.6 Å². The molecule has 0 spiro atoms. The maximum atomic E-state index is 5.55. The van der Waals surface area contributed by atoms with Gasteiger partial charge in [0.1, 0.15) is 6.33 Å². The molecule has 2 atom stereocenters. The van der Waals surface area contributed by atoms with E-state index in [0.29, 0.717) is 12.1 Å². The molecule has 0 amide bonds. The summed E-state index contributed by atoms with van der Waals surface area (Å²) in [6.45, 7) is 8.86. The predicted molar refractivity (Wildman–Crippen MR) is 79.7 cm³/mol. The zero-order valence-corrected chi connectivity index (χ0v) is 12.7. The van der Waals surface area contributed by atoms with Gasteiger partial charge in [-0.2, -0.15) is 4.98 Å². The Morgan fingerprint density at radius 2 is 1.76 bits per heavy atom. The standard InChI is InChI=1S/C14H23N5O2/c1-3-12-9-21-7-5-19(12)14-16-10-15-13(17-14)18-4-6-20-8-11(18)2/h10-12H,3-9H2,1-2H3/t11-,12+/m1/s1. The van der Waals surface area contributed by atoms with Crippen molar-refractivity contribution in [1.29, 1.82) is 0 Å². The molecule has 1 aromatic heterocycles. The average molecular weight is 293 g/mol. The first kappa shape index (κ1) is 14.5. The SMILES string of the molecule is CC[C@H]1COCCN1c1ncnc(N2CCOC[C@H]2C)n1. The van der Waals surface area contributed by atoms with Gasteiger partial charge in [0.25, 0.3) is 0 Å². The predicted octanol–water partition coefficient (Wildman–Crippen LogP) is 0.712. The molecule has 7 heteroatoms. The van der Waals surface area contributed by atoms with Crippen LogP contribution in [0.25, 0.3) is 0 Å². The van der Waals surface area contributed by atoms with Crippen LogP contribution < -0.4 is 9.80 Å². The van der Waals surface area contributed by atoms with Crippen LogP contribution in [0.15, 0.2) is 6.33 Å². The Morgan fingerprint density at radius 1 is 1.10 bits per heavy atom. The Labute approximate surface area is 125 Å². The van der Waals surface area contributed by atoms with Crippen molar-refractivity contribution < 1.29 is 9.47 Å². The van der Waals surface area contributed by atoms with Crippen molar-refractivity contribution in [2.75, 3.05) is 49.3 Å². The smallest absolute Gasteiger partial charge is 0.230 e. The van der Waals surface area contributed by atoms with Crippen LogP contribution in [0.2, 0.25) is 0 Å². The fraction of sp³-hybridized carbons (Fsp3) is 0.786. The van der Waals surface area contributed by atoms with Crippen molar-refractivity contribution in [3.8, 4) is 0 Å². The van der Waals surface area contributed by atoms with Crippen molar-refractivity contribution in [3.05, 3.63) is 6.33 Å². The third-order valence-electron chi connectivity index (χ3n) is 4.13. The number of anilines is 2. The van der Waals surface area contributed by atoms with E-state index in [2.05, 4.69) is 38.6 Å². The second-order valence-corrected chi connectivity index (χ2v) is 5.53. The molecule has 0 N–H and O–H groups in total. The molecule has 0 unspecified atom stereocenters. The molecule has 3 heterocycles.